The average molecular weight is 547 g/mol. The Morgan fingerprint density at radius 2 is 1.87 bits per heavy atom. The summed E-state index contributed by atoms with van der Waals surface area (Å²) >= 11 is 6.28. The lowest BCUT2D eigenvalue weighted by atomic mass is 10.2. The molecule has 3 heterocycles. The molecule has 0 bridgehead atoms. The van der Waals surface area contributed by atoms with Gasteiger partial charge in [-0.3, -0.25) is 4.90 Å². The monoisotopic (exact) mass is 546 g/mol. The van der Waals surface area contributed by atoms with Crippen molar-refractivity contribution in [2.75, 3.05) is 26.2 Å². The van der Waals surface area contributed by atoms with Crippen LogP contribution in [0.3, 0.4) is 0 Å². The van der Waals surface area contributed by atoms with Crippen LogP contribution in [0.4, 0.5) is 9.18 Å². The molecule has 3 N–H and O–H groups in total. The number of carbonyl (C=O) groups excluding carboxylic acids is 1. The zero-order valence-corrected chi connectivity index (χ0v) is 21.4. The van der Waals surface area contributed by atoms with Crippen LogP contribution in [0, 0.1) is 5.82 Å². The number of benzene rings is 2. The molecule has 12 heteroatoms. The van der Waals surface area contributed by atoms with Gasteiger partial charge in [-0.2, -0.15) is 0 Å². The minimum Gasteiger partial charge on any atom is -0.490 e. The fraction of sp³-hybridized carbons (Fsp3) is 0.346. The maximum absolute atomic E-state index is 13.4. The molecule has 10 nitrogen and oxygen atoms in total. The van der Waals surface area contributed by atoms with E-state index >= 15 is 0 Å². The molecule has 202 valence electrons. The van der Waals surface area contributed by atoms with E-state index in [4.69, 9.17) is 36.1 Å². The first kappa shape index (κ1) is 27.2. The number of hydrogen-bond acceptors (Lipinski definition) is 5. The van der Waals surface area contributed by atoms with E-state index in [1.807, 2.05) is 40.8 Å². The number of carbonyl (C=O) groups is 3. The molecule has 0 radical (unpaired) electrons. The van der Waals surface area contributed by atoms with Crippen LogP contribution < -0.4 is 10.1 Å². The Hall–Kier alpha value is -3.83. The Morgan fingerprint density at radius 1 is 1.16 bits per heavy atom. The van der Waals surface area contributed by atoms with Crippen LogP contribution in [0.2, 0.25) is 5.02 Å². The van der Waals surface area contributed by atoms with Crippen LogP contribution in [0.1, 0.15) is 19.8 Å². The number of carboxylic acid groups (broad SMARTS) is 2. The zero-order chi connectivity index (χ0) is 27.4. The van der Waals surface area contributed by atoms with Crippen LogP contribution in [-0.4, -0.2) is 81.0 Å². The molecule has 0 spiro atoms. The van der Waals surface area contributed by atoms with Gasteiger partial charge in [-0.25, -0.2) is 18.8 Å². The molecule has 2 atom stereocenters. The van der Waals surface area contributed by atoms with Gasteiger partial charge in [-0.05, 0) is 62.2 Å². The molecule has 2 aromatic carbocycles. The lowest BCUT2D eigenvalue weighted by molar-refractivity contribution is -0.159. The van der Waals surface area contributed by atoms with Gasteiger partial charge < -0.3 is 29.7 Å². The minimum absolute atomic E-state index is 0.000999. The Kier molecular flexibility index (Phi) is 8.38. The highest BCUT2D eigenvalue weighted by molar-refractivity contribution is 6.31. The molecule has 2 fully saturated rings. The standard InChI is InChI=1S/C24H26ClFN4O2.C2H2O4/c1-2-28-23(13-27-24(28)31)29-11-3-4-19(29)15-32-22-14-30(18-8-6-17(26)7-9-18)21-10-5-16(25)12-20(21)22;3-1(4)2(5)6/h5-10,12,14,19,23H,2-4,11,13,15H2,1H3,(H,27,31);(H,3,4)(H,5,6). The van der Waals surface area contributed by atoms with Crippen LogP contribution in [0.5, 0.6) is 5.75 Å². The molecule has 2 unspecified atom stereocenters. The van der Waals surface area contributed by atoms with Gasteiger partial charge in [0.1, 0.15) is 24.3 Å². The maximum Gasteiger partial charge on any atom is 0.414 e. The number of hydrogen-bond donors (Lipinski definition) is 3. The molecular formula is C26H28ClFN4O6. The predicted octanol–water partition coefficient (Wildman–Crippen LogP) is 3.79. The molecule has 0 saturated carbocycles. The van der Waals surface area contributed by atoms with Crippen LogP contribution >= 0.6 is 11.6 Å². The van der Waals surface area contributed by atoms with Crippen LogP contribution in [0.25, 0.3) is 16.6 Å². The second-order valence-electron chi connectivity index (χ2n) is 8.91. The fourth-order valence-electron chi connectivity index (χ4n) is 4.89. The minimum atomic E-state index is -1.82. The van der Waals surface area contributed by atoms with E-state index < -0.39 is 11.9 Å². The van der Waals surface area contributed by atoms with Crippen molar-refractivity contribution in [1.29, 1.82) is 0 Å². The van der Waals surface area contributed by atoms with E-state index in [-0.39, 0.29) is 24.1 Å². The number of fused-ring (bicyclic) bond motifs is 1. The van der Waals surface area contributed by atoms with Crippen molar-refractivity contribution in [2.45, 2.75) is 32.0 Å². The average Bonchev–Trinajstić information content (AvgIpc) is 3.60. The number of likely N-dealkylation sites (tertiary alicyclic amines) is 1. The Labute approximate surface area is 223 Å². The van der Waals surface area contributed by atoms with Gasteiger partial charge in [0.2, 0.25) is 0 Å². The number of nitrogens with zero attached hydrogens (tertiary/aromatic N) is 3. The number of ether oxygens (including phenoxy) is 1. The quantitative estimate of drug-likeness (QED) is 0.402. The van der Waals surface area contributed by atoms with Crippen LogP contribution in [-0.2, 0) is 9.59 Å². The van der Waals surface area contributed by atoms with Gasteiger partial charge in [-0.1, -0.05) is 11.6 Å². The van der Waals surface area contributed by atoms with E-state index in [0.29, 0.717) is 24.7 Å². The summed E-state index contributed by atoms with van der Waals surface area (Å²) in [4.78, 5) is 34.6. The zero-order valence-electron chi connectivity index (χ0n) is 20.6. The van der Waals surface area contributed by atoms with Crippen molar-refractivity contribution in [1.82, 2.24) is 19.7 Å². The number of halogens is 2. The molecular weight excluding hydrogens is 519 g/mol. The molecule has 2 amide bonds. The molecule has 2 aliphatic rings. The highest BCUT2D eigenvalue weighted by Gasteiger charge is 2.39. The van der Waals surface area contributed by atoms with Crippen molar-refractivity contribution in [3.63, 3.8) is 0 Å². The van der Waals surface area contributed by atoms with Crippen molar-refractivity contribution in [3.8, 4) is 11.4 Å². The molecule has 38 heavy (non-hydrogen) atoms. The third-order valence-corrected chi connectivity index (χ3v) is 6.89. The summed E-state index contributed by atoms with van der Waals surface area (Å²) in [6, 6.07) is 12.3. The summed E-state index contributed by atoms with van der Waals surface area (Å²) in [6.45, 7) is 4.81. The number of nitrogens with one attached hydrogen (secondary N) is 1. The highest BCUT2D eigenvalue weighted by Crippen LogP contribution is 2.34. The molecule has 0 aliphatic carbocycles. The molecule has 1 aromatic heterocycles. The Balaban J connectivity index is 0.000000505. The lowest BCUT2D eigenvalue weighted by Gasteiger charge is -2.34. The van der Waals surface area contributed by atoms with Crippen molar-refractivity contribution in [3.05, 3.63) is 59.5 Å². The molecule has 5 rings (SSSR count). The Morgan fingerprint density at radius 3 is 2.53 bits per heavy atom. The number of urea groups is 1. The number of likely N-dealkylation sites (N-methyl/N-ethyl adjacent to an activating group) is 1. The Bertz CT molecular complexity index is 1320. The smallest absolute Gasteiger partial charge is 0.414 e. The summed E-state index contributed by atoms with van der Waals surface area (Å²) in [6.07, 6.45) is 4.12. The second kappa shape index (κ2) is 11.7. The topological polar surface area (TPSA) is 124 Å². The lowest BCUT2D eigenvalue weighted by Crippen LogP contribution is -2.50. The molecule has 3 aromatic rings. The summed E-state index contributed by atoms with van der Waals surface area (Å²) in [7, 11) is 0. The second-order valence-corrected chi connectivity index (χ2v) is 9.35. The maximum atomic E-state index is 13.4. The summed E-state index contributed by atoms with van der Waals surface area (Å²) in [5.41, 5.74) is 1.80. The van der Waals surface area contributed by atoms with Gasteiger partial charge in [0.05, 0.1) is 18.3 Å². The van der Waals surface area contributed by atoms with E-state index in [1.165, 1.54) is 12.1 Å². The SMILES string of the molecule is CCN1C(=O)NCC1N1CCCC1COc1cn(-c2ccc(F)cc2)c2ccc(Cl)cc12.O=C(O)C(=O)O. The summed E-state index contributed by atoms with van der Waals surface area (Å²) in [5, 5.41) is 19.3. The number of rotatable bonds is 6. The summed E-state index contributed by atoms with van der Waals surface area (Å²) in [5.74, 6) is -3.18. The van der Waals surface area contributed by atoms with Crippen molar-refractivity contribution < 1.29 is 33.7 Å². The van der Waals surface area contributed by atoms with Gasteiger partial charge in [0, 0.05) is 35.2 Å². The van der Waals surface area contributed by atoms with E-state index in [0.717, 1.165) is 41.7 Å². The van der Waals surface area contributed by atoms with E-state index in [9.17, 15) is 9.18 Å². The number of carboxylic acids is 2. The number of amides is 2. The third kappa shape index (κ3) is 5.84. The molecule has 2 aliphatic heterocycles. The predicted molar refractivity (Wildman–Crippen MR) is 138 cm³/mol. The van der Waals surface area contributed by atoms with Gasteiger partial charge in [0.15, 0.2) is 0 Å². The molecule has 2 saturated heterocycles. The largest absolute Gasteiger partial charge is 0.490 e. The highest BCUT2D eigenvalue weighted by atomic mass is 35.5. The first-order valence-electron chi connectivity index (χ1n) is 12.1. The first-order valence-corrected chi connectivity index (χ1v) is 12.5. The van der Waals surface area contributed by atoms with Crippen molar-refractivity contribution >= 4 is 40.5 Å². The summed E-state index contributed by atoms with van der Waals surface area (Å²) < 4.78 is 21.8. The normalized spacial score (nSPS) is 19.2. The van der Waals surface area contributed by atoms with Crippen molar-refractivity contribution in [2.24, 2.45) is 0 Å². The van der Waals surface area contributed by atoms with Crippen LogP contribution in [0.15, 0.2) is 48.7 Å². The first-order chi connectivity index (χ1) is 18.2. The third-order valence-electron chi connectivity index (χ3n) is 6.65. The van der Waals surface area contributed by atoms with Gasteiger partial charge in [0.25, 0.3) is 0 Å². The van der Waals surface area contributed by atoms with Gasteiger partial charge >= 0.3 is 18.0 Å². The van der Waals surface area contributed by atoms with E-state index in [1.54, 1.807) is 12.1 Å². The fourth-order valence-corrected chi connectivity index (χ4v) is 5.07. The number of aliphatic carboxylic acids is 2. The van der Waals surface area contributed by atoms with Gasteiger partial charge in [-0.15, -0.1) is 0 Å². The number of aromatic nitrogens is 1. The van der Waals surface area contributed by atoms with E-state index in [2.05, 4.69) is 10.2 Å².